The van der Waals surface area contributed by atoms with Crippen molar-refractivity contribution in [2.24, 2.45) is 0 Å². The zero-order valence-corrected chi connectivity index (χ0v) is 18.7. The molecule has 0 saturated heterocycles. The second kappa shape index (κ2) is 10.3. The second-order valence-electron chi connectivity index (χ2n) is 7.47. The Morgan fingerprint density at radius 1 is 1.06 bits per heavy atom. The van der Waals surface area contributed by atoms with E-state index in [1.165, 1.54) is 29.5 Å². The van der Waals surface area contributed by atoms with Crippen molar-refractivity contribution < 1.29 is 14.4 Å². The molecule has 2 aromatic carbocycles. The van der Waals surface area contributed by atoms with Crippen LogP contribution in [0, 0.1) is 0 Å². The molecule has 3 amide bonds. The molecule has 3 aromatic rings. The summed E-state index contributed by atoms with van der Waals surface area (Å²) >= 11 is 1.46. The highest BCUT2D eigenvalue weighted by atomic mass is 32.2. The van der Waals surface area contributed by atoms with E-state index in [4.69, 9.17) is 0 Å². The highest BCUT2D eigenvalue weighted by molar-refractivity contribution is 7.99. The Morgan fingerprint density at radius 3 is 2.64 bits per heavy atom. The first kappa shape index (κ1) is 22.5. The lowest BCUT2D eigenvalue weighted by Crippen LogP contribution is -2.19. The highest BCUT2D eigenvalue weighted by Gasteiger charge is 2.26. The van der Waals surface area contributed by atoms with Crippen LogP contribution >= 0.6 is 11.8 Å². The largest absolute Gasteiger partial charge is 0.326 e. The molecule has 1 aliphatic heterocycles. The molecule has 0 aliphatic carbocycles. The predicted molar refractivity (Wildman–Crippen MR) is 126 cm³/mol. The van der Waals surface area contributed by atoms with Crippen LogP contribution in [0.1, 0.15) is 38.5 Å². The fourth-order valence-corrected chi connectivity index (χ4v) is 4.43. The predicted octanol–water partition coefficient (Wildman–Crippen LogP) is 3.25. The van der Waals surface area contributed by atoms with Crippen molar-refractivity contribution in [3.05, 3.63) is 83.7 Å². The Kier molecular flexibility index (Phi) is 6.99. The van der Waals surface area contributed by atoms with Gasteiger partial charge in [0.05, 0.1) is 11.1 Å². The van der Waals surface area contributed by atoms with E-state index in [0.29, 0.717) is 23.5 Å². The average molecular weight is 462 g/mol. The number of nitrogens with zero attached hydrogens (tertiary/aromatic N) is 3. The van der Waals surface area contributed by atoms with E-state index in [0.717, 1.165) is 23.8 Å². The summed E-state index contributed by atoms with van der Waals surface area (Å²) in [4.78, 5) is 35.8. The van der Waals surface area contributed by atoms with Gasteiger partial charge in [-0.1, -0.05) is 48.2 Å². The Labute approximate surface area is 195 Å². The smallest absolute Gasteiger partial charge is 0.259 e. The van der Waals surface area contributed by atoms with Crippen molar-refractivity contribution in [3.8, 4) is 0 Å². The quantitative estimate of drug-likeness (QED) is 0.273. The molecule has 0 saturated carbocycles. The fourth-order valence-electron chi connectivity index (χ4n) is 3.53. The molecule has 0 unspecified atom stereocenters. The van der Waals surface area contributed by atoms with Crippen LogP contribution < -0.4 is 10.6 Å². The van der Waals surface area contributed by atoms with Crippen LogP contribution in [0.25, 0.3) is 0 Å². The first-order valence-corrected chi connectivity index (χ1v) is 11.5. The minimum absolute atomic E-state index is 0.189. The summed E-state index contributed by atoms with van der Waals surface area (Å²) < 4.78 is 2.02. The molecule has 1 aromatic heterocycles. The van der Waals surface area contributed by atoms with Gasteiger partial charge in [0.15, 0.2) is 5.16 Å². The van der Waals surface area contributed by atoms with Gasteiger partial charge in [0.2, 0.25) is 5.91 Å². The Morgan fingerprint density at radius 2 is 1.85 bits per heavy atom. The third-order valence-electron chi connectivity index (χ3n) is 5.17. The molecule has 4 rings (SSSR count). The zero-order chi connectivity index (χ0) is 23.2. The number of carbonyl (C=O) groups excluding carboxylic acids is 3. The van der Waals surface area contributed by atoms with E-state index in [-0.39, 0.29) is 17.9 Å². The monoisotopic (exact) mass is 461 g/mol. The fraction of sp³-hybridized carbons (Fsp3) is 0.208. The van der Waals surface area contributed by atoms with Crippen molar-refractivity contribution in [1.29, 1.82) is 0 Å². The summed E-state index contributed by atoms with van der Waals surface area (Å²) in [6.45, 7) is 4.43. The Hall–Kier alpha value is -3.72. The Balaban J connectivity index is 1.31. The molecule has 2 N–H and O–H groups in total. The molecule has 0 fully saturated rings. The number of aryl methyl sites for hydroxylation is 2. The van der Waals surface area contributed by atoms with E-state index in [1.807, 2.05) is 22.8 Å². The number of rotatable bonds is 10. The number of hydrogen-bond donors (Lipinski definition) is 2. The third-order valence-corrected chi connectivity index (χ3v) is 6.13. The summed E-state index contributed by atoms with van der Waals surface area (Å²) in [5.41, 5.74) is 2.31. The van der Waals surface area contributed by atoms with Crippen LogP contribution in [-0.4, -0.2) is 38.2 Å². The molecule has 0 atom stereocenters. The SMILES string of the molecule is C=CCn1c(CCc2ccccc2)nnc1SCCC(=O)Nc1ccc2c(c1)C(=O)NC2=O. The number of hydrogen-bond acceptors (Lipinski definition) is 6. The number of benzene rings is 2. The van der Waals surface area contributed by atoms with Gasteiger partial charge in [-0.2, -0.15) is 0 Å². The maximum atomic E-state index is 12.4. The summed E-state index contributed by atoms with van der Waals surface area (Å²) in [6, 6.07) is 14.9. The number of imide groups is 1. The topological polar surface area (TPSA) is 106 Å². The number of allylic oxidation sites excluding steroid dienone is 1. The molecule has 33 heavy (non-hydrogen) atoms. The minimum Gasteiger partial charge on any atom is -0.326 e. The lowest BCUT2D eigenvalue weighted by Gasteiger charge is -2.08. The molecule has 1 aliphatic rings. The van der Waals surface area contributed by atoms with Gasteiger partial charge in [0.25, 0.3) is 11.8 Å². The van der Waals surface area contributed by atoms with Crippen molar-refractivity contribution >= 4 is 35.2 Å². The van der Waals surface area contributed by atoms with Crippen molar-refractivity contribution in [2.75, 3.05) is 11.1 Å². The standard InChI is InChI=1S/C24H23N5O3S/c1-2-13-29-20(11-8-16-6-4-3-5-7-16)27-28-24(29)33-14-12-21(30)25-17-9-10-18-19(15-17)23(32)26-22(18)31/h2-7,9-10,15H,1,8,11-14H2,(H,25,30)(H,26,31,32). The highest BCUT2D eigenvalue weighted by Crippen LogP contribution is 2.22. The van der Waals surface area contributed by atoms with Crippen LogP contribution in [0.3, 0.4) is 0 Å². The number of aromatic nitrogens is 3. The molecule has 8 nitrogen and oxygen atoms in total. The number of amides is 3. The zero-order valence-electron chi connectivity index (χ0n) is 17.9. The van der Waals surface area contributed by atoms with E-state index in [9.17, 15) is 14.4 Å². The molecular formula is C24H23N5O3S. The van der Waals surface area contributed by atoms with E-state index in [2.05, 4.69) is 39.5 Å². The first-order chi connectivity index (χ1) is 16.0. The van der Waals surface area contributed by atoms with Crippen molar-refractivity contribution in [2.45, 2.75) is 31.0 Å². The number of anilines is 1. The lowest BCUT2D eigenvalue weighted by atomic mass is 10.1. The first-order valence-electron chi connectivity index (χ1n) is 10.5. The number of carbonyl (C=O) groups is 3. The van der Waals surface area contributed by atoms with Gasteiger partial charge in [0.1, 0.15) is 5.82 Å². The molecule has 2 heterocycles. The van der Waals surface area contributed by atoms with Crippen LogP contribution in [0.4, 0.5) is 5.69 Å². The van der Waals surface area contributed by atoms with Gasteiger partial charge in [-0.3, -0.25) is 19.7 Å². The van der Waals surface area contributed by atoms with E-state index >= 15 is 0 Å². The second-order valence-corrected chi connectivity index (χ2v) is 8.54. The number of thioether (sulfide) groups is 1. The summed E-state index contributed by atoms with van der Waals surface area (Å²) in [6.07, 6.45) is 3.70. The van der Waals surface area contributed by atoms with E-state index < -0.39 is 11.8 Å². The van der Waals surface area contributed by atoms with E-state index in [1.54, 1.807) is 12.1 Å². The minimum atomic E-state index is -0.453. The van der Waals surface area contributed by atoms with Gasteiger partial charge in [0, 0.05) is 30.8 Å². The van der Waals surface area contributed by atoms with Crippen LogP contribution in [-0.2, 0) is 24.2 Å². The van der Waals surface area contributed by atoms with Crippen LogP contribution in [0.15, 0.2) is 66.3 Å². The van der Waals surface area contributed by atoms with Crippen molar-refractivity contribution in [1.82, 2.24) is 20.1 Å². The molecule has 9 heteroatoms. The average Bonchev–Trinajstić information content (AvgIpc) is 3.32. The van der Waals surface area contributed by atoms with Crippen molar-refractivity contribution in [3.63, 3.8) is 0 Å². The van der Waals surface area contributed by atoms with Gasteiger partial charge in [-0.25, -0.2) is 0 Å². The molecular weight excluding hydrogens is 438 g/mol. The van der Waals surface area contributed by atoms with Gasteiger partial charge >= 0.3 is 0 Å². The Bertz CT molecular complexity index is 1210. The molecule has 0 radical (unpaired) electrons. The van der Waals surface area contributed by atoms with Crippen LogP contribution in [0.5, 0.6) is 0 Å². The van der Waals surface area contributed by atoms with Gasteiger partial charge < -0.3 is 9.88 Å². The summed E-state index contributed by atoms with van der Waals surface area (Å²) in [5.74, 6) is 0.342. The molecule has 0 spiro atoms. The number of nitrogens with one attached hydrogen (secondary N) is 2. The summed E-state index contributed by atoms with van der Waals surface area (Å²) in [5, 5.41) is 14.4. The lowest BCUT2D eigenvalue weighted by molar-refractivity contribution is -0.115. The van der Waals surface area contributed by atoms with Gasteiger partial charge in [-0.15, -0.1) is 16.8 Å². The number of fused-ring (bicyclic) bond motifs is 1. The third kappa shape index (κ3) is 5.38. The maximum absolute atomic E-state index is 12.4. The van der Waals surface area contributed by atoms with Gasteiger partial charge in [-0.05, 0) is 30.2 Å². The normalized spacial score (nSPS) is 12.4. The summed E-state index contributed by atoms with van der Waals surface area (Å²) in [7, 11) is 0. The molecule has 0 bridgehead atoms. The molecule has 168 valence electrons. The maximum Gasteiger partial charge on any atom is 0.259 e. The van der Waals surface area contributed by atoms with Crippen LogP contribution in [0.2, 0.25) is 0 Å².